The molecule has 2 aromatic carbocycles. The van der Waals surface area contributed by atoms with Crippen molar-refractivity contribution in [1.29, 1.82) is 0 Å². The maximum absolute atomic E-state index is 14.2. The second-order valence-corrected chi connectivity index (χ2v) is 9.74. The third-order valence-electron chi connectivity index (χ3n) is 5.76. The number of halogens is 6. The van der Waals surface area contributed by atoms with Crippen LogP contribution in [0.4, 0.5) is 32.0 Å². The molecule has 1 aromatic heterocycles. The molecule has 2 amide bonds. The van der Waals surface area contributed by atoms with Gasteiger partial charge in [0.15, 0.2) is 5.69 Å². The summed E-state index contributed by atoms with van der Waals surface area (Å²) >= 11 is 0.464. The van der Waals surface area contributed by atoms with Gasteiger partial charge in [0.1, 0.15) is 0 Å². The van der Waals surface area contributed by atoms with E-state index in [1.54, 1.807) is 13.2 Å². The maximum atomic E-state index is 14.2. The molecule has 1 fully saturated rings. The fourth-order valence-corrected chi connectivity index (χ4v) is 5.00. The van der Waals surface area contributed by atoms with Crippen molar-refractivity contribution < 1.29 is 40.7 Å². The first-order chi connectivity index (χ1) is 18.8. The van der Waals surface area contributed by atoms with Crippen LogP contribution in [0.15, 0.2) is 64.5 Å². The van der Waals surface area contributed by atoms with Crippen molar-refractivity contribution in [3.8, 4) is 0 Å². The molecule has 0 bridgehead atoms. The summed E-state index contributed by atoms with van der Waals surface area (Å²) in [5, 5.41) is 6.52. The summed E-state index contributed by atoms with van der Waals surface area (Å²) in [6.45, 7) is 0.956. The molecule has 14 heteroatoms. The normalized spacial score (nSPS) is 14.5. The van der Waals surface area contributed by atoms with Crippen molar-refractivity contribution in [2.45, 2.75) is 22.1 Å². The van der Waals surface area contributed by atoms with Gasteiger partial charge in [-0.3, -0.25) is 14.3 Å². The van der Waals surface area contributed by atoms with Gasteiger partial charge in [-0.15, -0.1) is 0 Å². The summed E-state index contributed by atoms with van der Waals surface area (Å²) in [7, 11) is 1.62. The number of carbonyl (C=O) groups is 2. The Morgan fingerprint density at radius 3 is 2.33 bits per heavy atom. The van der Waals surface area contributed by atoms with E-state index in [2.05, 4.69) is 10.4 Å². The number of nitrogens with zero attached hydrogens (tertiary/aromatic N) is 3. The number of aryl methyl sites for hydroxylation is 1. The smallest absolute Gasteiger partial charge is 0.378 e. The summed E-state index contributed by atoms with van der Waals surface area (Å²) < 4.78 is 91.3. The van der Waals surface area contributed by atoms with Crippen LogP contribution in [-0.4, -0.2) is 52.8 Å². The Labute approximate surface area is 228 Å². The Morgan fingerprint density at radius 1 is 1.00 bits per heavy atom. The molecule has 0 unspecified atom stereocenters. The van der Waals surface area contributed by atoms with Crippen LogP contribution < -0.4 is 5.32 Å². The van der Waals surface area contributed by atoms with E-state index in [0.717, 1.165) is 24.3 Å². The number of anilines is 1. The first kappa shape index (κ1) is 29.2. The standard InChI is InChI=1S/C26H22F6N4O3S/c1-35-10-9-19(34-35)24(38)33-17-3-2-4-18(15-17)40-20-7-5-16(6-8-21(37)36-11-13-39-14-12-36)22(25(27,28)29)23(20)26(30,31)32/h2-10,15H,11-14H2,1H3,(H,33,38). The fourth-order valence-electron chi connectivity index (χ4n) is 3.96. The molecule has 1 N–H and O–H groups in total. The van der Waals surface area contributed by atoms with E-state index < -0.39 is 45.8 Å². The minimum Gasteiger partial charge on any atom is -0.378 e. The third-order valence-corrected chi connectivity index (χ3v) is 6.81. The zero-order valence-corrected chi connectivity index (χ0v) is 21.7. The number of morpholine rings is 1. The van der Waals surface area contributed by atoms with Crippen LogP contribution >= 0.6 is 11.8 Å². The molecule has 0 saturated carbocycles. The zero-order valence-electron chi connectivity index (χ0n) is 20.8. The summed E-state index contributed by atoms with van der Waals surface area (Å²) in [6, 6.07) is 8.97. The van der Waals surface area contributed by atoms with E-state index in [1.807, 2.05) is 0 Å². The number of hydrogen-bond donors (Lipinski definition) is 1. The lowest BCUT2D eigenvalue weighted by atomic mass is 9.99. The Hall–Kier alpha value is -3.78. The first-order valence-electron chi connectivity index (χ1n) is 11.8. The predicted molar refractivity (Wildman–Crippen MR) is 135 cm³/mol. The van der Waals surface area contributed by atoms with Crippen LogP contribution in [0.2, 0.25) is 0 Å². The first-order valence-corrected chi connectivity index (χ1v) is 12.6. The van der Waals surface area contributed by atoms with Gasteiger partial charge in [-0.1, -0.05) is 23.9 Å². The van der Waals surface area contributed by atoms with Crippen molar-refractivity contribution in [3.05, 3.63) is 77.1 Å². The molecule has 0 atom stereocenters. The lowest BCUT2D eigenvalue weighted by Crippen LogP contribution is -2.39. The van der Waals surface area contributed by atoms with Gasteiger partial charge in [-0.2, -0.15) is 31.4 Å². The fraction of sp³-hybridized carbons (Fsp3) is 0.269. The molecule has 7 nitrogen and oxygen atoms in total. The van der Waals surface area contributed by atoms with Gasteiger partial charge < -0.3 is 15.0 Å². The van der Waals surface area contributed by atoms with E-state index in [4.69, 9.17) is 4.74 Å². The van der Waals surface area contributed by atoms with Crippen molar-refractivity contribution in [1.82, 2.24) is 14.7 Å². The molecule has 40 heavy (non-hydrogen) atoms. The monoisotopic (exact) mass is 584 g/mol. The predicted octanol–water partition coefficient (Wildman–Crippen LogP) is 5.73. The highest BCUT2D eigenvalue weighted by Gasteiger charge is 2.46. The van der Waals surface area contributed by atoms with Gasteiger partial charge in [-0.05, 0) is 42.0 Å². The van der Waals surface area contributed by atoms with Crippen LogP contribution in [0.1, 0.15) is 27.2 Å². The summed E-state index contributed by atoms with van der Waals surface area (Å²) in [4.78, 5) is 25.5. The van der Waals surface area contributed by atoms with E-state index in [0.29, 0.717) is 11.8 Å². The second-order valence-electron chi connectivity index (χ2n) is 8.63. The number of amides is 2. The number of hydrogen-bond acceptors (Lipinski definition) is 5. The van der Waals surface area contributed by atoms with Crippen molar-refractivity contribution in [2.24, 2.45) is 7.05 Å². The topological polar surface area (TPSA) is 76.5 Å². The van der Waals surface area contributed by atoms with E-state index in [-0.39, 0.29) is 42.6 Å². The second kappa shape index (κ2) is 11.8. The number of ether oxygens (including phenoxy) is 1. The molecular weight excluding hydrogens is 562 g/mol. The van der Waals surface area contributed by atoms with Crippen LogP contribution in [0.3, 0.4) is 0 Å². The largest absolute Gasteiger partial charge is 0.418 e. The number of carbonyl (C=O) groups excluding carboxylic acids is 2. The lowest BCUT2D eigenvalue weighted by Gasteiger charge is -2.25. The molecule has 4 rings (SSSR count). The minimum atomic E-state index is -5.37. The van der Waals surface area contributed by atoms with E-state index >= 15 is 0 Å². The Bertz CT molecular complexity index is 1430. The number of alkyl halides is 6. The van der Waals surface area contributed by atoms with Gasteiger partial charge in [0.05, 0.1) is 24.3 Å². The SMILES string of the molecule is Cn1ccc(C(=O)Nc2cccc(Sc3ccc(C=CC(=O)N4CCOCC4)c(C(F)(F)F)c3C(F)(F)F)c2)n1. The van der Waals surface area contributed by atoms with Crippen LogP contribution in [0, 0.1) is 0 Å². The van der Waals surface area contributed by atoms with Crippen molar-refractivity contribution >= 4 is 35.3 Å². The van der Waals surface area contributed by atoms with E-state index in [1.165, 1.54) is 39.9 Å². The number of benzene rings is 2. The Balaban J connectivity index is 1.66. The van der Waals surface area contributed by atoms with Gasteiger partial charge in [0, 0.05) is 47.9 Å². The summed E-state index contributed by atoms with van der Waals surface area (Å²) in [6.07, 6.45) is -7.61. The maximum Gasteiger partial charge on any atom is 0.418 e. The van der Waals surface area contributed by atoms with Crippen molar-refractivity contribution in [2.75, 3.05) is 31.6 Å². The number of aromatic nitrogens is 2. The molecule has 1 aliphatic rings. The van der Waals surface area contributed by atoms with Crippen LogP contribution in [0.25, 0.3) is 6.08 Å². The van der Waals surface area contributed by atoms with Crippen molar-refractivity contribution in [3.63, 3.8) is 0 Å². The average molecular weight is 585 g/mol. The number of nitrogens with one attached hydrogen (secondary N) is 1. The highest BCUT2D eigenvalue weighted by Crippen LogP contribution is 2.48. The molecule has 1 aliphatic heterocycles. The van der Waals surface area contributed by atoms with Crippen LogP contribution in [0.5, 0.6) is 0 Å². The highest BCUT2D eigenvalue weighted by molar-refractivity contribution is 7.99. The molecule has 1 saturated heterocycles. The number of rotatable bonds is 6. The third kappa shape index (κ3) is 7.04. The molecular formula is C26H22F6N4O3S. The quantitative estimate of drug-likeness (QED) is 0.296. The van der Waals surface area contributed by atoms with Gasteiger partial charge in [-0.25, -0.2) is 0 Å². The molecule has 2 heterocycles. The Kier molecular flexibility index (Phi) is 8.59. The zero-order chi connectivity index (χ0) is 29.1. The molecule has 3 aromatic rings. The average Bonchev–Trinajstić information content (AvgIpc) is 3.33. The molecule has 0 radical (unpaired) electrons. The summed E-state index contributed by atoms with van der Waals surface area (Å²) in [5.74, 6) is -1.20. The molecule has 0 spiro atoms. The molecule has 0 aliphatic carbocycles. The van der Waals surface area contributed by atoms with Crippen LogP contribution in [-0.2, 0) is 28.9 Å². The summed E-state index contributed by atoms with van der Waals surface area (Å²) in [5.41, 5.74) is -4.23. The van der Waals surface area contributed by atoms with Gasteiger partial charge in [0.2, 0.25) is 5.91 Å². The van der Waals surface area contributed by atoms with Gasteiger partial charge >= 0.3 is 12.4 Å². The highest BCUT2D eigenvalue weighted by atomic mass is 32.2. The van der Waals surface area contributed by atoms with E-state index in [9.17, 15) is 35.9 Å². The van der Waals surface area contributed by atoms with Gasteiger partial charge in [0.25, 0.3) is 5.91 Å². The lowest BCUT2D eigenvalue weighted by molar-refractivity contribution is -0.163. The minimum absolute atomic E-state index is 0.102. The molecule has 212 valence electrons. The Morgan fingerprint density at radius 2 is 1.70 bits per heavy atom.